The van der Waals surface area contributed by atoms with Gasteiger partial charge in [-0.3, -0.25) is 4.79 Å². The molecule has 0 aromatic heterocycles. The molecule has 3 heteroatoms. The monoisotopic (exact) mass is 199 g/mol. The van der Waals surface area contributed by atoms with E-state index in [2.05, 4.69) is 5.32 Å². The molecule has 0 aromatic rings. The molecule has 82 valence electrons. The summed E-state index contributed by atoms with van der Waals surface area (Å²) in [5, 5.41) is 11.9. The molecule has 0 heterocycles. The summed E-state index contributed by atoms with van der Waals surface area (Å²) in [7, 11) is 0. The molecule has 1 atom stereocenters. The number of carboxylic acid groups (broad SMARTS) is 1. The summed E-state index contributed by atoms with van der Waals surface area (Å²) in [6.45, 7) is 3.89. The molecule has 2 N–H and O–H groups in total. The summed E-state index contributed by atoms with van der Waals surface area (Å²) < 4.78 is 0. The van der Waals surface area contributed by atoms with Gasteiger partial charge in [-0.2, -0.15) is 0 Å². The zero-order valence-corrected chi connectivity index (χ0v) is 8.96. The van der Waals surface area contributed by atoms with Crippen LogP contribution in [0.5, 0.6) is 0 Å². The lowest BCUT2D eigenvalue weighted by Gasteiger charge is -2.13. The summed E-state index contributed by atoms with van der Waals surface area (Å²) in [6.07, 6.45) is 5.71. The molecule has 1 aliphatic rings. The highest BCUT2D eigenvalue weighted by atomic mass is 16.4. The summed E-state index contributed by atoms with van der Waals surface area (Å²) in [5.41, 5.74) is 0. The minimum atomic E-state index is -0.694. The molecule has 1 fully saturated rings. The van der Waals surface area contributed by atoms with E-state index in [0.29, 0.717) is 0 Å². The van der Waals surface area contributed by atoms with Gasteiger partial charge in [0.2, 0.25) is 0 Å². The van der Waals surface area contributed by atoms with Crippen molar-refractivity contribution in [1.82, 2.24) is 5.32 Å². The van der Waals surface area contributed by atoms with E-state index in [1.807, 2.05) is 6.92 Å². The molecule has 3 nitrogen and oxygen atoms in total. The van der Waals surface area contributed by atoms with Crippen LogP contribution >= 0.6 is 0 Å². The fraction of sp³-hybridized carbons (Fsp3) is 0.909. The third kappa shape index (κ3) is 4.61. The van der Waals surface area contributed by atoms with Crippen molar-refractivity contribution >= 4 is 5.97 Å². The second-order valence-electron chi connectivity index (χ2n) is 4.51. The molecule has 1 rings (SSSR count). The zero-order valence-electron chi connectivity index (χ0n) is 8.96. The largest absolute Gasteiger partial charge is 0.481 e. The smallest absolute Gasteiger partial charge is 0.303 e. The predicted molar refractivity (Wildman–Crippen MR) is 56.2 cm³/mol. The SMILES string of the molecule is CC(CNCC1CCCC1)CC(=O)O. The highest BCUT2D eigenvalue weighted by Gasteiger charge is 2.14. The first-order valence-electron chi connectivity index (χ1n) is 5.61. The van der Waals surface area contributed by atoms with E-state index >= 15 is 0 Å². The number of aliphatic carboxylic acids is 1. The van der Waals surface area contributed by atoms with Crippen molar-refractivity contribution < 1.29 is 9.90 Å². The van der Waals surface area contributed by atoms with Crippen LogP contribution in [-0.4, -0.2) is 24.2 Å². The second-order valence-corrected chi connectivity index (χ2v) is 4.51. The van der Waals surface area contributed by atoms with Gasteiger partial charge in [-0.15, -0.1) is 0 Å². The Morgan fingerprint density at radius 3 is 2.71 bits per heavy atom. The first-order chi connectivity index (χ1) is 6.68. The molecule has 0 radical (unpaired) electrons. The van der Waals surface area contributed by atoms with Gasteiger partial charge in [-0.1, -0.05) is 19.8 Å². The average molecular weight is 199 g/mol. The van der Waals surface area contributed by atoms with Crippen LogP contribution in [0.3, 0.4) is 0 Å². The van der Waals surface area contributed by atoms with E-state index in [-0.39, 0.29) is 12.3 Å². The highest BCUT2D eigenvalue weighted by Crippen LogP contribution is 2.23. The lowest BCUT2D eigenvalue weighted by atomic mass is 10.1. The third-order valence-corrected chi connectivity index (χ3v) is 2.92. The van der Waals surface area contributed by atoms with Crippen molar-refractivity contribution in [3.8, 4) is 0 Å². The summed E-state index contributed by atoms with van der Waals surface area (Å²) in [6, 6.07) is 0. The predicted octanol–water partition coefficient (Wildman–Crippen LogP) is 1.88. The molecular weight excluding hydrogens is 178 g/mol. The second kappa shape index (κ2) is 6.02. The molecular formula is C11H21NO2. The van der Waals surface area contributed by atoms with Crippen molar-refractivity contribution in [2.75, 3.05) is 13.1 Å². The standard InChI is InChI=1S/C11H21NO2/c1-9(6-11(13)14)7-12-8-10-4-2-3-5-10/h9-10,12H,2-8H2,1H3,(H,13,14). The maximum Gasteiger partial charge on any atom is 0.303 e. The molecule has 0 bridgehead atoms. The number of rotatable bonds is 6. The molecule has 1 aliphatic carbocycles. The molecule has 1 unspecified atom stereocenters. The van der Waals surface area contributed by atoms with Crippen LogP contribution < -0.4 is 5.32 Å². The average Bonchev–Trinajstić information content (AvgIpc) is 2.55. The van der Waals surface area contributed by atoms with Crippen LogP contribution in [0.1, 0.15) is 39.0 Å². The fourth-order valence-corrected chi connectivity index (χ4v) is 2.12. The van der Waals surface area contributed by atoms with Gasteiger partial charge in [-0.25, -0.2) is 0 Å². The van der Waals surface area contributed by atoms with Crippen LogP contribution in [0.4, 0.5) is 0 Å². The molecule has 0 spiro atoms. The highest BCUT2D eigenvalue weighted by molar-refractivity contribution is 5.66. The van der Waals surface area contributed by atoms with E-state index in [9.17, 15) is 4.79 Å². The Morgan fingerprint density at radius 1 is 1.50 bits per heavy atom. The number of hydrogen-bond donors (Lipinski definition) is 2. The van der Waals surface area contributed by atoms with E-state index in [1.165, 1.54) is 25.7 Å². The lowest BCUT2D eigenvalue weighted by Crippen LogP contribution is -2.27. The first-order valence-corrected chi connectivity index (χ1v) is 5.61. The van der Waals surface area contributed by atoms with Gasteiger partial charge in [0.1, 0.15) is 0 Å². The van der Waals surface area contributed by atoms with E-state index in [0.717, 1.165) is 19.0 Å². The minimum absolute atomic E-state index is 0.244. The Kier molecular flexibility index (Phi) is 4.94. The topological polar surface area (TPSA) is 49.3 Å². The maximum absolute atomic E-state index is 10.4. The molecule has 1 saturated carbocycles. The summed E-state index contributed by atoms with van der Waals surface area (Å²) in [5.74, 6) is 0.390. The molecule has 0 aliphatic heterocycles. The van der Waals surface area contributed by atoms with Crippen LogP contribution in [0.15, 0.2) is 0 Å². The van der Waals surface area contributed by atoms with Crippen LogP contribution in [0.25, 0.3) is 0 Å². The summed E-state index contributed by atoms with van der Waals surface area (Å²) >= 11 is 0. The van der Waals surface area contributed by atoms with Crippen molar-refractivity contribution in [1.29, 1.82) is 0 Å². The van der Waals surface area contributed by atoms with Gasteiger partial charge in [0.15, 0.2) is 0 Å². The Balaban J connectivity index is 1.99. The van der Waals surface area contributed by atoms with Crippen molar-refractivity contribution in [3.05, 3.63) is 0 Å². The van der Waals surface area contributed by atoms with E-state index in [1.54, 1.807) is 0 Å². The Morgan fingerprint density at radius 2 is 2.14 bits per heavy atom. The molecule has 0 amide bonds. The molecule has 0 aromatic carbocycles. The van der Waals surface area contributed by atoms with Crippen LogP contribution in [-0.2, 0) is 4.79 Å². The number of carboxylic acids is 1. The van der Waals surface area contributed by atoms with Crippen molar-refractivity contribution in [3.63, 3.8) is 0 Å². The Hall–Kier alpha value is -0.570. The van der Waals surface area contributed by atoms with Gasteiger partial charge in [0, 0.05) is 6.42 Å². The number of carbonyl (C=O) groups is 1. The maximum atomic E-state index is 10.4. The minimum Gasteiger partial charge on any atom is -0.481 e. The quantitative estimate of drug-likeness (QED) is 0.686. The lowest BCUT2D eigenvalue weighted by molar-refractivity contribution is -0.137. The van der Waals surface area contributed by atoms with Gasteiger partial charge < -0.3 is 10.4 Å². The van der Waals surface area contributed by atoms with Gasteiger partial charge in [0.05, 0.1) is 0 Å². The zero-order chi connectivity index (χ0) is 10.4. The van der Waals surface area contributed by atoms with Gasteiger partial charge >= 0.3 is 5.97 Å². The van der Waals surface area contributed by atoms with Gasteiger partial charge in [0.25, 0.3) is 0 Å². The van der Waals surface area contributed by atoms with Crippen molar-refractivity contribution in [2.24, 2.45) is 11.8 Å². The van der Waals surface area contributed by atoms with E-state index < -0.39 is 5.97 Å². The Bertz CT molecular complexity index is 176. The molecule has 0 saturated heterocycles. The van der Waals surface area contributed by atoms with Crippen LogP contribution in [0, 0.1) is 11.8 Å². The first kappa shape index (κ1) is 11.5. The van der Waals surface area contributed by atoms with Gasteiger partial charge in [-0.05, 0) is 37.8 Å². The molecule has 14 heavy (non-hydrogen) atoms. The summed E-state index contributed by atoms with van der Waals surface area (Å²) in [4.78, 5) is 10.4. The van der Waals surface area contributed by atoms with Crippen LogP contribution in [0.2, 0.25) is 0 Å². The Labute approximate surface area is 85.9 Å². The number of nitrogens with one attached hydrogen (secondary N) is 1. The van der Waals surface area contributed by atoms with Crippen molar-refractivity contribution in [2.45, 2.75) is 39.0 Å². The normalized spacial score (nSPS) is 19.8. The third-order valence-electron chi connectivity index (χ3n) is 2.92. The number of hydrogen-bond acceptors (Lipinski definition) is 2. The van der Waals surface area contributed by atoms with E-state index in [4.69, 9.17) is 5.11 Å². The fourth-order valence-electron chi connectivity index (χ4n) is 2.12.